The molecule has 1 fully saturated rings. The van der Waals surface area contributed by atoms with Crippen molar-refractivity contribution in [3.8, 4) is 11.4 Å². The van der Waals surface area contributed by atoms with Gasteiger partial charge >= 0.3 is 0 Å². The summed E-state index contributed by atoms with van der Waals surface area (Å²) in [5, 5.41) is 0. The van der Waals surface area contributed by atoms with Crippen LogP contribution in [-0.2, 0) is 10.0 Å². The Balaban J connectivity index is 1.57. The van der Waals surface area contributed by atoms with Crippen LogP contribution in [-0.4, -0.2) is 59.8 Å². The number of hydrogen-bond donors (Lipinski definition) is 0. The maximum Gasteiger partial charge on any atom is 0.244 e. The van der Waals surface area contributed by atoms with E-state index in [1.807, 2.05) is 37.2 Å². The number of aromatic nitrogens is 4. The van der Waals surface area contributed by atoms with E-state index in [1.54, 1.807) is 30.7 Å². The van der Waals surface area contributed by atoms with Crippen molar-refractivity contribution in [2.75, 3.05) is 32.1 Å². The third-order valence-corrected chi connectivity index (χ3v) is 7.14. The van der Waals surface area contributed by atoms with Crippen molar-refractivity contribution >= 4 is 15.8 Å². The van der Waals surface area contributed by atoms with Crippen LogP contribution in [0.3, 0.4) is 0 Å². The quantitative estimate of drug-likeness (QED) is 0.621. The minimum absolute atomic E-state index is 0.169. The first-order valence-corrected chi connectivity index (χ1v) is 11.3. The van der Waals surface area contributed by atoms with E-state index in [0.717, 1.165) is 17.1 Å². The summed E-state index contributed by atoms with van der Waals surface area (Å²) in [6.45, 7) is 0.900. The van der Waals surface area contributed by atoms with E-state index < -0.39 is 10.0 Å². The van der Waals surface area contributed by atoms with Gasteiger partial charge in [0.25, 0.3) is 0 Å². The first kappa shape index (κ1) is 20.4. The Kier molecular flexibility index (Phi) is 5.74. The normalized spacial score (nSPS) is 15.8. The van der Waals surface area contributed by atoms with Crippen LogP contribution in [0, 0.1) is 0 Å². The molecule has 8 nitrogen and oxygen atoms in total. The van der Waals surface area contributed by atoms with Crippen LogP contribution in [0.1, 0.15) is 24.5 Å². The molecule has 1 aliphatic rings. The van der Waals surface area contributed by atoms with Gasteiger partial charge in [-0.1, -0.05) is 0 Å². The lowest BCUT2D eigenvalue weighted by Crippen LogP contribution is -2.38. The number of hydrogen-bond acceptors (Lipinski definition) is 7. The first-order chi connectivity index (χ1) is 14.4. The van der Waals surface area contributed by atoms with Crippen LogP contribution >= 0.6 is 0 Å². The van der Waals surface area contributed by atoms with Crippen molar-refractivity contribution in [1.29, 1.82) is 0 Å². The van der Waals surface area contributed by atoms with Crippen molar-refractivity contribution < 1.29 is 8.42 Å². The van der Waals surface area contributed by atoms with Crippen LogP contribution in [0.2, 0.25) is 0 Å². The number of nitrogens with zero attached hydrogens (tertiary/aromatic N) is 6. The van der Waals surface area contributed by atoms with Gasteiger partial charge in [-0.2, -0.15) is 4.31 Å². The van der Waals surface area contributed by atoms with Crippen LogP contribution in [0.5, 0.6) is 0 Å². The summed E-state index contributed by atoms with van der Waals surface area (Å²) >= 11 is 0. The largest absolute Gasteiger partial charge is 0.363 e. The van der Waals surface area contributed by atoms with E-state index in [-0.39, 0.29) is 10.8 Å². The van der Waals surface area contributed by atoms with Gasteiger partial charge in [0.2, 0.25) is 10.0 Å². The van der Waals surface area contributed by atoms with Crippen LogP contribution < -0.4 is 4.90 Å². The second-order valence-electron chi connectivity index (χ2n) is 7.48. The molecule has 4 rings (SSSR count). The highest BCUT2D eigenvalue weighted by Crippen LogP contribution is 2.32. The fourth-order valence-electron chi connectivity index (χ4n) is 3.56. The van der Waals surface area contributed by atoms with E-state index in [9.17, 15) is 8.42 Å². The predicted octanol–water partition coefficient (Wildman–Crippen LogP) is 2.57. The Labute approximate surface area is 176 Å². The van der Waals surface area contributed by atoms with Crippen molar-refractivity contribution in [2.24, 2.45) is 0 Å². The molecule has 3 aromatic rings. The summed E-state index contributed by atoms with van der Waals surface area (Å²) in [6.07, 6.45) is 7.85. The van der Waals surface area contributed by atoms with Gasteiger partial charge in [-0.15, -0.1) is 0 Å². The molecule has 4 heterocycles. The topological polar surface area (TPSA) is 92.2 Å². The van der Waals surface area contributed by atoms with Crippen LogP contribution in [0.15, 0.2) is 60.0 Å². The number of piperidine rings is 1. The maximum atomic E-state index is 12.9. The molecule has 0 N–H and O–H groups in total. The van der Waals surface area contributed by atoms with Crippen LogP contribution in [0.25, 0.3) is 11.4 Å². The second-order valence-corrected chi connectivity index (χ2v) is 9.42. The van der Waals surface area contributed by atoms with E-state index in [0.29, 0.717) is 31.8 Å². The van der Waals surface area contributed by atoms with Crippen molar-refractivity contribution in [2.45, 2.75) is 23.7 Å². The van der Waals surface area contributed by atoms with Gasteiger partial charge in [0.15, 0.2) is 5.82 Å². The SMILES string of the molecule is CN(C)c1cc(C2CCN(S(=O)(=O)c3cccnc3)CC2)nc(-c2cccnc2)n1. The number of anilines is 1. The molecule has 0 unspecified atom stereocenters. The van der Waals surface area contributed by atoms with E-state index in [4.69, 9.17) is 4.98 Å². The Hall–Kier alpha value is -2.91. The molecule has 0 bridgehead atoms. The Morgan fingerprint density at radius 1 is 1.00 bits per heavy atom. The molecule has 0 aliphatic carbocycles. The van der Waals surface area contributed by atoms with Crippen molar-refractivity contribution in [1.82, 2.24) is 24.2 Å². The van der Waals surface area contributed by atoms with Gasteiger partial charge in [0, 0.05) is 75.2 Å². The van der Waals surface area contributed by atoms with Gasteiger partial charge < -0.3 is 4.90 Å². The number of rotatable bonds is 5. The minimum Gasteiger partial charge on any atom is -0.363 e. The molecule has 0 amide bonds. The second kappa shape index (κ2) is 8.45. The fourth-order valence-corrected chi connectivity index (χ4v) is 4.99. The van der Waals surface area contributed by atoms with Crippen molar-refractivity contribution in [3.63, 3.8) is 0 Å². The van der Waals surface area contributed by atoms with E-state index >= 15 is 0 Å². The standard InChI is InChI=1S/C21H24N6O2S/c1-26(2)20-13-19(24-21(25-20)17-5-3-9-22-14-17)16-7-11-27(12-8-16)30(28,29)18-6-4-10-23-15-18/h3-6,9-10,13-16H,7-8,11-12H2,1-2H3. The molecule has 3 aromatic heterocycles. The van der Waals surface area contributed by atoms with Gasteiger partial charge in [-0.3, -0.25) is 9.97 Å². The molecule has 1 aliphatic heterocycles. The Morgan fingerprint density at radius 2 is 1.70 bits per heavy atom. The lowest BCUT2D eigenvalue weighted by molar-refractivity contribution is 0.316. The molecule has 1 saturated heterocycles. The molecule has 9 heteroatoms. The molecule has 0 saturated carbocycles. The lowest BCUT2D eigenvalue weighted by atomic mass is 9.94. The molecule has 0 radical (unpaired) electrons. The molecular weight excluding hydrogens is 400 g/mol. The highest BCUT2D eigenvalue weighted by Gasteiger charge is 2.31. The van der Waals surface area contributed by atoms with Crippen LogP contribution in [0.4, 0.5) is 5.82 Å². The summed E-state index contributed by atoms with van der Waals surface area (Å²) in [5.74, 6) is 1.63. The average Bonchev–Trinajstić information content (AvgIpc) is 2.80. The average molecular weight is 425 g/mol. The Bertz CT molecular complexity index is 1100. The third-order valence-electron chi connectivity index (χ3n) is 5.25. The van der Waals surface area contributed by atoms with E-state index in [1.165, 1.54) is 10.5 Å². The summed E-state index contributed by atoms with van der Waals surface area (Å²) in [7, 11) is 0.374. The summed E-state index contributed by atoms with van der Waals surface area (Å²) in [5.41, 5.74) is 1.80. The van der Waals surface area contributed by atoms with Gasteiger partial charge in [-0.25, -0.2) is 18.4 Å². The van der Waals surface area contributed by atoms with Gasteiger partial charge in [0.1, 0.15) is 10.7 Å². The zero-order valence-corrected chi connectivity index (χ0v) is 17.8. The Morgan fingerprint density at radius 3 is 2.30 bits per heavy atom. The van der Waals surface area contributed by atoms with Crippen molar-refractivity contribution in [3.05, 3.63) is 60.8 Å². The first-order valence-electron chi connectivity index (χ1n) is 9.82. The summed E-state index contributed by atoms with van der Waals surface area (Å²) in [4.78, 5) is 19.8. The lowest BCUT2D eigenvalue weighted by Gasteiger charge is -2.31. The zero-order valence-electron chi connectivity index (χ0n) is 17.0. The monoisotopic (exact) mass is 424 g/mol. The molecule has 30 heavy (non-hydrogen) atoms. The smallest absolute Gasteiger partial charge is 0.244 e. The fraction of sp³-hybridized carbons (Fsp3) is 0.333. The third kappa shape index (κ3) is 4.17. The number of sulfonamides is 1. The van der Waals surface area contributed by atoms with Gasteiger partial charge in [-0.05, 0) is 37.1 Å². The molecule has 0 atom stereocenters. The molecule has 156 valence electrons. The number of pyridine rings is 2. The maximum absolute atomic E-state index is 12.9. The minimum atomic E-state index is -3.52. The van der Waals surface area contributed by atoms with E-state index in [2.05, 4.69) is 15.0 Å². The summed E-state index contributed by atoms with van der Waals surface area (Å²) < 4.78 is 27.3. The zero-order chi connectivity index (χ0) is 21.1. The summed E-state index contributed by atoms with van der Waals surface area (Å²) in [6, 6.07) is 9.03. The highest BCUT2D eigenvalue weighted by molar-refractivity contribution is 7.89. The highest BCUT2D eigenvalue weighted by atomic mass is 32.2. The van der Waals surface area contributed by atoms with Gasteiger partial charge in [0.05, 0.1) is 0 Å². The molecule has 0 aromatic carbocycles. The predicted molar refractivity (Wildman–Crippen MR) is 115 cm³/mol. The molecule has 0 spiro atoms. The molecular formula is C21H24N6O2S.